The van der Waals surface area contributed by atoms with E-state index in [9.17, 15) is 4.79 Å². The molecule has 0 saturated heterocycles. The fourth-order valence-corrected chi connectivity index (χ4v) is 3.98. The van der Waals surface area contributed by atoms with E-state index in [2.05, 4.69) is 15.0 Å². The van der Waals surface area contributed by atoms with Crippen molar-refractivity contribution in [1.29, 1.82) is 0 Å². The normalized spacial score (nSPS) is 14.9. The van der Waals surface area contributed by atoms with E-state index in [4.69, 9.17) is 9.47 Å². The highest BCUT2D eigenvalue weighted by atomic mass is 16.5. The second-order valence-corrected chi connectivity index (χ2v) is 7.71. The lowest BCUT2D eigenvalue weighted by atomic mass is 10.1. The molecule has 7 nitrogen and oxygen atoms in total. The van der Waals surface area contributed by atoms with Gasteiger partial charge in [0.2, 0.25) is 5.88 Å². The first-order valence-electron chi connectivity index (χ1n) is 9.85. The number of fused-ring (bicyclic) bond motifs is 1. The first kappa shape index (κ1) is 19.5. The molecule has 0 aromatic carbocycles. The summed E-state index contributed by atoms with van der Waals surface area (Å²) in [6.07, 6.45) is 3.96. The SMILES string of the molecule is COCC(C1CC1)n1c(=O)c(C)nc2c(-c3cc(C)c(OC)nc3C)nccc21. The predicted octanol–water partition coefficient (Wildman–Crippen LogP) is 3.38. The van der Waals surface area contributed by atoms with Crippen LogP contribution in [-0.4, -0.2) is 40.3 Å². The Morgan fingerprint density at radius 3 is 2.59 bits per heavy atom. The number of ether oxygens (including phenoxy) is 2. The van der Waals surface area contributed by atoms with Crippen LogP contribution in [0.25, 0.3) is 22.3 Å². The summed E-state index contributed by atoms with van der Waals surface area (Å²) in [4.78, 5) is 26.9. The Kier molecular flexibility index (Phi) is 5.08. The van der Waals surface area contributed by atoms with Crippen LogP contribution in [0.3, 0.4) is 0 Å². The molecule has 0 spiro atoms. The third-order valence-electron chi connectivity index (χ3n) is 5.61. The highest BCUT2D eigenvalue weighted by molar-refractivity contribution is 5.90. The summed E-state index contributed by atoms with van der Waals surface area (Å²) < 4.78 is 12.7. The van der Waals surface area contributed by atoms with Gasteiger partial charge >= 0.3 is 0 Å². The van der Waals surface area contributed by atoms with Crippen LogP contribution >= 0.6 is 0 Å². The van der Waals surface area contributed by atoms with Gasteiger partial charge in [-0.3, -0.25) is 14.3 Å². The topological polar surface area (TPSA) is 79.1 Å². The van der Waals surface area contributed by atoms with Crippen molar-refractivity contribution in [1.82, 2.24) is 19.5 Å². The van der Waals surface area contributed by atoms with Crippen molar-refractivity contribution in [3.8, 4) is 17.1 Å². The fourth-order valence-electron chi connectivity index (χ4n) is 3.98. The molecule has 0 aliphatic heterocycles. The number of hydrogen-bond donors (Lipinski definition) is 0. The van der Waals surface area contributed by atoms with Gasteiger partial charge in [-0.15, -0.1) is 0 Å². The van der Waals surface area contributed by atoms with Crippen LogP contribution in [0.2, 0.25) is 0 Å². The van der Waals surface area contributed by atoms with Crippen molar-refractivity contribution in [3.63, 3.8) is 0 Å². The summed E-state index contributed by atoms with van der Waals surface area (Å²) in [5.41, 5.74) is 5.23. The molecule has 29 heavy (non-hydrogen) atoms. The summed E-state index contributed by atoms with van der Waals surface area (Å²) in [6, 6.07) is 3.89. The van der Waals surface area contributed by atoms with E-state index in [0.717, 1.165) is 40.9 Å². The minimum absolute atomic E-state index is 0.00350. The summed E-state index contributed by atoms with van der Waals surface area (Å²) in [5, 5.41) is 0. The zero-order valence-corrected chi connectivity index (χ0v) is 17.5. The number of rotatable bonds is 6. The Hall–Kier alpha value is -2.80. The van der Waals surface area contributed by atoms with Crippen molar-refractivity contribution in [2.45, 2.75) is 39.7 Å². The molecule has 0 amide bonds. The molecule has 4 rings (SSSR count). The molecule has 0 N–H and O–H groups in total. The van der Waals surface area contributed by atoms with Gasteiger partial charge < -0.3 is 9.47 Å². The van der Waals surface area contributed by atoms with Gasteiger partial charge in [0.25, 0.3) is 5.56 Å². The van der Waals surface area contributed by atoms with Gasteiger partial charge in [0.05, 0.1) is 36.7 Å². The maximum absolute atomic E-state index is 13.1. The zero-order valence-electron chi connectivity index (χ0n) is 17.5. The van der Waals surface area contributed by atoms with Crippen LogP contribution in [0, 0.1) is 26.7 Å². The van der Waals surface area contributed by atoms with Crippen molar-refractivity contribution >= 4 is 11.0 Å². The van der Waals surface area contributed by atoms with Gasteiger partial charge in [-0.1, -0.05) is 0 Å². The first-order chi connectivity index (χ1) is 14.0. The van der Waals surface area contributed by atoms with Crippen LogP contribution < -0.4 is 10.3 Å². The van der Waals surface area contributed by atoms with Crippen molar-refractivity contribution in [3.05, 3.63) is 45.6 Å². The molecule has 0 bridgehead atoms. The lowest BCUT2D eigenvalue weighted by Crippen LogP contribution is -2.31. The van der Waals surface area contributed by atoms with Crippen molar-refractivity contribution in [2.75, 3.05) is 20.8 Å². The summed E-state index contributed by atoms with van der Waals surface area (Å²) >= 11 is 0. The Balaban J connectivity index is 2.00. The largest absolute Gasteiger partial charge is 0.481 e. The van der Waals surface area contributed by atoms with Crippen LogP contribution in [0.5, 0.6) is 5.88 Å². The van der Waals surface area contributed by atoms with E-state index in [1.807, 2.05) is 30.5 Å². The fraction of sp³-hybridized carbons (Fsp3) is 0.455. The van der Waals surface area contributed by atoms with Crippen LogP contribution in [-0.2, 0) is 4.74 Å². The molecule has 1 atom stereocenters. The predicted molar refractivity (Wildman–Crippen MR) is 111 cm³/mol. The van der Waals surface area contributed by atoms with Crippen LogP contribution in [0.1, 0.15) is 35.8 Å². The second kappa shape index (κ2) is 7.55. The van der Waals surface area contributed by atoms with Gasteiger partial charge in [0.1, 0.15) is 11.2 Å². The van der Waals surface area contributed by atoms with Gasteiger partial charge in [-0.2, -0.15) is 0 Å². The molecule has 152 valence electrons. The van der Waals surface area contributed by atoms with Gasteiger partial charge in [-0.05, 0) is 51.7 Å². The minimum Gasteiger partial charge on any atom is -0.481 e. The average molecular weight is 394 g/mol. The van der Waals surface area contributed by atoms with E-state index in [1.54, 1.807) is 27.3 Å². The summed E-state index contributed by atoms with van der Waals surface area (Å²) in [5.74, 6) is 1.06. The third-order valence-corrected chi connectivity index (χ3v) is 5.61. The van der Waals surface area contributed by atoms with Crippen molar-refractivity contribution < 1.29 is 9.47 Å². The molecule has 1 unspecified atom stereocenters. The second-order valence-electron chi connectivity index (χ2n) is 7.71. The van der Waals surface area contributed by atoms with Gasteiger partial charge in [0, 0.05) is 24.4 Å². The molecular formula is C22H26N4O3. The lowest BCUT2D eigenvalue weighted by Gasteiger charge is -2.22. The van der Waals surface area contributed by atoms with Crippen LogP contribution in [0.4, 0.5) is 0 Å². The smallest absolute Gasteiger partial charge is 0.272 e. The maximum atomic E-state index is 13.1. The Morgan fingerprint density at radius 2 is 1.93 bits per heavy atom. The number of aryl methyl sites for hydroxylation is 3. The minimum atomic E-state index is -0.0654. The Labute approximate surface area is 169 Å². The highest BCUT2D eigenvalue weighted by Gasteiger charge is 2.34. The molecule has 3 heterocycles. The van der Waals surface area contributed by atoms with Gasteiger partial charge in [-0.25, -0.2) is 9.97 Å². The molecule has 1 fully saturated rings. The Morgan fingerprint density at radius 1 is 1.17 bits per heavy atom. The molecule has 1 saturated carbocycles. The van der Waals surface area contributed by atoms with Crippen LogP contribution in [0.15, 0.2) is 23.1 Å². The molecule has 1 aliphatic rings. The highest BCUT2D eigenvalue weighted by Crippen LogP contribution is 2.41. The number of methoxy groups -OCH3 is 2. The molecule has 1 aliphatic carbocycles. The molecular weight excluding hydrogens is 368 g/mol. The van der Waals surface area contributed by atoms with E-state index in [0.29, 0.717) is 29.6 Å². The zero-order chi connectivity index (χ0) is 20.7. The number of nitrogens with zero attached hydrogens (tertiary/aromatic N) is 4. The monoisotopic (exact) mass is 394 g/mol. The summed E-state index contributed by atoms with van der Waals surface area (Å²) in [7, 11) is 3.29. The standard InChI is InChI=1S/C22H26N4O3/c1-12-10-16(13(2)25-21(12)29-5)19-20-17(8-9-23-19)26(22(27)14(3)24-20)18(11-28-4)15-6-7-15/h8-10,15,18H,6-7,11H2,1-5H3. The van der Waals surface area contributed by atoms with Crippen molar-refractivity contribution in [2.24, 2.45) is 5.92 Å². The van der Waals surface area contributed by atoms with Gasteiger partial charge in [0.15, 0.2) is 0 Å². The Bertz CT molecular complexity index is 1140. The quantitative estimate of drug-likeness (QED) is 0.638. The molecule has 3 aromatic heterocycles. The third kappa shape index (κ3) is 3.40. The number of hydrogen-bond acceptors (Lipinski definition) is 6. The maximum Gasteiger partial charge on any atom is 0.272 e. The number of aromatic nitrogens is 4. The van der Waals surface area contributed by atoms with E-state index >= 15 is 0 Å². The van der Waals surface area contributed by atoms with E-state index in [-0.39, 0.29) is 11.6 Å². The van der Waals surface area contributed by atoms with E-state index < -0.39 is 0 Å². The molecule has 3 aromatic rings. The average Bonchev–Trinajstić information content (AvgIpc) is 3.54. The van der Waals surface area contributed by atoms with E-state index in [1.165, 1.54) is 0 Å². The summed E-state index contributed by atoms with van der Waals surface area (Å²) in [6.45, 7) is 6.15. The molecule has 0 radical (unpaired) electrons. The number of pyridine rings is 2. The lowest BCUT2D eigenvalue weighted by molar-refractivity contribution is 0.145. The first-order valence-corrected chi connectivity index (χ1v) is 9.85. The molecule has 7 heteroatoms.